The molecule has 2 heterocycles. The van der Waals surface area contributed by atoms with Gasteiger partial charge in [-0.2, -0.15) is 4.98 Å². The van der Waals surface area contributed by atoms with E-state index in [1.54, 1.807) is 24.3 Å². The zero-order valence-corrected chi connectivity index (χ0v) is 12.6. The highest BCUT2D eigenvalue weighted by molar-refractivity contribution is 7.90. The van der Waals surface area contributed by atoms with Gasteiger partial charge in [-0.25, -0.2) is 8.42 Å². The molecule has 0 amide bonds. The van der Waals surface area contributed by atoms with Crippen molar-refractivity contribution in [2.24, 2.45) is 5.92 Å². The third-order valence-corrected chi connectivity index (χ3v) is 4.76. The maximum Gasteiger partial charge on any atom is 0.227 e. The molecule has 1 fully saturated rings. The molecule has 112 valence electrons. The second-order valence-corrected chi connectivity index (χ2v) is 7.39. The Kier molecular flexibility index (Phi) is 3.77. The summed E-state index contributed by atoms with van der Waals surface area (Å²) in [6.07, 6.45) is 3.09. The van der Waals surface area contributed by atoms with Gasteiger partial charge in [0.2, 0.25) is 11.7 Å². The second kappa shape index (κ2) is 5.57. The van der Waals surface area contributed by atoms with Crippen LogP contribution in [0.4, 0.5) is 0 Å². The monoisotopic (exact) mass is 307 g/mol. The first-order chi connectivity index (χ1) is 10.0. The molecule has 21 heavy (non-hydrogen) atoms. The fraction of sp³-hybridized carbons (Fsp3) is 0.429. The van der Waals surface area contributed by atoms with E-state index in [2.05, 4.69) is 15.5 Å². The molecule has 0 aliphatic carbocycles. The molecule has 1 aliphatic heterocycles. The molecule has 1 unspecified atom stereocenters. The van der Waals surface area contributed by atoms with Crippen LogP contribution in [0.2, 0.25) is 0 Å². The highest BCUT2D eigenvalue weighted by Gasteiger charge is 2.19. The first-order valence-corrected chi connectivity index (χ1v) is 8.75. The van der Waals surface area contributed by atoms with Gasteiger partial charge in [0.15, 0.2) is 9.84 Å². The Labute approximate surface area is 123 Å². The molecule has 0 spiro atoms. The summed E-state index contributed by atoms with van der Waals surface area (Å²) >= 11 is 0. The number of nitrogens with one attached hydrogen (secondary N) is 1. The van der Waals surface area contributed by atoms with Crippen LogP contribution in [0, 0.1) is 5.92 Å². The molecule has 6 nitrogen and oxygen atoms in total. The van der Waals surface area contributed by atoms with Crippen molar-refractivity contribution in [1.82, 2.24) is 15.5 Å². The summed E-state index contributed by atoms with van der Waals surface area (Å²) < 4.78 is 28.1. The van der Waals surface area contributed by atoms with E-state index in [1.807, 2.05) is 0 Å². The SMILES string of the molecule is CS(=O)(=O)c1ccc(-c2noc(CC3CCNC3)n2)cc1. The first kappa shape index (κ1) is 14.2. The zero-order chi connectivity index (χ0) is 14.9. The van der Waals surface area contributed by atoms with Gasteiger partial charge < -0.3 is 9.84 Å². The number of benzene rings is 1. The highest BCUT2D eigenvalue weighted by Crippen LogP contribution is 2.20. The van der Waals surface area contributed by atoms with Crippen molar-refractivity contribution in [2.45, 2.75) is 17.7 Å². The van der Waals surface area contributed by atoms with E-state index in [4.69, 9.17) is 4.52 Å². The maximum atomic E-state index is 11.4. The number of sulfone groups is 1. The molecule has 0 bridgehead atoms. The molecule has 3 rings (SSSR count). The van der Waals surface area contributed by atoms with E-state index in [0.717, 1.165) is 31.5 Å². The summed E-state index contributed by atoms with van der Waals surface area (Å²) in [5.41, 5.74) is 0.752. The van der Waals surface area contributed by atoms with Gasteiger partial charge in [0.05, 0.1) is 4.90 Å². The Morgan fingerprint density at radius 1 is 1.33 bits per heavy atom. The third kappa shape index (κ3) is 3.30. The summed E-state index contributed by atoms with van der Waals surface area (Å²) in [6, 6.07) is 6.51. The summed E-state index contributed by atoms with van der Waals surface area (Å²) in [4.78, 5) is 4.67. The van der Waals surface area contributed by atoms with Gasteiger partial charge in [-0.05, 0) is 49.7 Å². The van der Waals surface area contributed by atoms with Gasteiger partial charge in [-0.3, -0.25) is 0 Å². The van der Waals surface area contributed by atoms with E-state index < -0.39 is 9.84 Å². The van der Waals surface area contributed by atoms with E-state index in [0.29, 0.717) is 17.6 Å². The van der Waals surface area contributed by atoms with Crippen LogP contribution in [0.25, 0.3) is 11.4 Å². The van der Waals surface area contributed by atoms with Crippen molar-refractivity contribution >= 4 is 9.84 Å². The molecule has 1 atom stereocenters. The van der Waals surface area contributed by atoms with Crippen LogP contribution in [0.5, 0.6) is 0 Å². The minimum absolute atomic E-state index is 0.284. The van der Waals surface area contributed by atoms with Crippen LogP contribution in [0.1, 0.15) is 12.3 Å². The van der Waals surface area contributed by atoms with Crippen molar-refractivity contribution in [2.75, 3.05) is 19.3 Å². The first-order valence-electron chi connectivity index (χ1n) is 6.86. The largest absolute Gasteiger partial charge is 0.339 e. The van der Waals surface area contributed by atoms with Crippen LogP contribution in [-0.2, 0) is 16.3 Å². The fourth-order valence-corrected chi connectivity index (χ4v) is 3.07. The highest BCUT2D eigenvalue weighted by atomic mass is 32.2. The molecule has 0 saturated carbocycles. The molecule has 1 N–H and O–H groups in total. The number of rotatable bonds is 4. The number of hydrogen-bond acceptors (Lipinski definition) is 6. The molecule has 1 aromatic heterocycles. The standard InChI is InChI=1S/C14H17N3O3S/c1-21(18,19)12-4-2-11(3-5-12)14-16-13(20-17-14)8-10-6-7-15-9-10/h2-5,10,15H,6-9H2,1H3. The van der Waals surface area contributed by atoms with Crippen molar-refractivity contribution in [3.8, 4) is 11.4 Å². The van der Waals surface area contributed by atoms with Crippen molar-refractivity contribution in [3.63, 3.8) is 0 Å². The van der Waals surface area contributed by atoms with E-state index in [1.165, 1.54) is 6.26 Å². The predicted octanol–water partition coefficient (Wildman–Crippen LogP) is 1.29. The lowest BCUT2D eigenvalue weighted by atomic mass is 10.1. The predicted molar refractivity (Wildman–Crippen MR) is 77.5 cm³/mol. The molecular weight excluding hydrogens is 290 g/mol. The molecule has 0 radical (unpaired) electrons. The van der Waals surface area contributed by atoms with Gasteiger partial charge in [-0.15, -0.1) is 0 Å². The Morgan fingerprint density at radius 3 is 2.71 bits per heavy atom. The summed E-state index contributed by atoms with van der Waals surface area (Å²) in [5.74, 6) is 1.67. The van der Waals surface area contributed by atoms with Gasteiger partial charge >= 0.3 is 0 Å². The minimum Gasteiger partial charge on any atom is -0.339 e. The van der Waals surface area contributed by atoms with Crippen LogP contribution in [0.3, 0.4) is 0 Å². The topological polar surface area (TPSA) is 85.1 Å². The minimum atomic E-state index is -3.18. The smallest absolute Gasteiger partial charge is 0.227 e. The number of aromatic nitrogens is 2. The molecule has 1 saturated heterocycles. The number of hydrogen-bond donors (Lipinski definition) is 1. The van der Waals surface area contributed by atoms with E-state index >= 15 is 0 Å². The Bertz CT molecular complexity index is 716. The molecule has 1 aliphatic rings. The van der Waals surface area contributed by atoms with Gasteiger partial charge in [-0.1, -0.05) is 5.16 Å². The van der Waals surface area contributed by atoms with Crippen LogP contribution in [0.15, 0.2) is 33.7 Å². The second-order valence-electron chi connectivity index (χ2n) is 5.37. The van der Waals surface area contributed by atoms with E-state index in [-0.39, 0.29) is 4.90 Å². The van der Waals surface area contributed by atoms with Crippen LogP contribution in [-0.4, -0.2) is 37.9 Å². The third-order valence-electron chi connectivity index (χ3n) is 3.63. The van der Waals surface area contributed by atoms with Crippen LogP contribution >= 0.6 is 0 Å². The lowest BCUT2D eigenvalue weighted by molar-refractivity contribution is 0.358. The van der Waals surface area contributed by atoms with Gasteiger partial charge in [0.25, 0.3) is 0 Å². The summed E-state index contributed by atoms with van der Waals surface area (Å²) in [5, 5.41) is 7.27. The van der Waals surface area contributed by atoms with Gasteiger partial charge in [0.1, 0.15) is 0 Å². The molecular formula is C14H17N3O3S. The van der Waals surface area contributed by atoms with Gasteiger partial charge in [0, 0.05) is 18.2 Å². The van der Waals surface area contributed by atoms with E-state index in [9.17, 15) is 8.42 Å². The molecule has 1 aromatic carbocycles. The Morgan fingerprint density at radius 2 is 2.10 bits per heavy atom. The zero-order valence-electron chi connectivity index (χ0n) is 11.7. The Hall–Kier alpha value is -1.73. The Balaban J connectivity index is 1.76. The summed E-state index contributed by atoms with van der Waals surface area (Å²) in [7, 11) is -3.18. The lowest BCUT2D eigenvalue weighted by Gasteiger charge is -2.02. The van der Waals surface area contributed by atoms with Crippen molar-refractivity contribution < 1.29 is 12.9 Å². The van der Waals surface area contributed by atoms with Crippen LogP contribution < -0.4 is 5.32 Å². The molecule has 7 heteroatoms. The normalized spacial score (nSPS) is 19.0. The quantitative estimate of drug-likeness (QED) is 0.916. The number of nitrogens with zero attached hydrogens (tertiary/aromatic N) is 2. The van der Waals surface area contributed by atoms with Crippen molar-refractivity contribution in [3.05, 3.63) is 30.2 Å². The fourth-order valence-electron chi connectivity index (χ4n) is 2.44. The van der Waals surface area contributed by atoms with Crippen molar-refractivity contribution in [1.29, 1.82) is 0 Å². The maximum absolute atomic E-state index is 11.4. The summed E-state index contributed by atoms with van der Waals surface area (Å²) in [6.45, 7) is 2.03. The lowest BCUT2D eigenvalue weighted by Crippen LogP contribution is -2.10. The molecule has 2 aromatic rings. The average Bonchev–Trinajstić information content (AvgIpc) is 3.10. The average molecular weight is 307 g/mol.